The number of hydrogen-bond acceptors (Lipinski definition) is 3. The van der Waals surface area contributed by atoms with Crippen molar-refractivity contribution in [1.29, 1.82) is 0 Å². The van der Waals surface area contributed by atoms with E-state index in [-0.39, 0.29) is 16.8 Å². The van der Waals surface area contributed by atoms with Gasteiger partial charge in [0.15, 0.2) is 6.29 Å². The van der Waals surface area contributed by atoms with Crippen LogP contribution in [0.2, 0.25) is 0 Å². The van der Waals surface area contributed by atoms with Crippen LogP contribution in [0.1, 0.15) is 10.4 Å². The minimum absolute atomic E-state index is 0.0610. The molecule has 0 unspecified atom stereocenters. The van der Waals surface area contributed by atoms with E-state index in [0.717, 1.165) is 24.4 Å². The highest BCUT2D eigenvalue weighted by Gasteiger charge is 2.31. The Kier molecular flexibility index (Phi) is 3.69. The molecule has 20 heavy (non-hydrogen) atoms. The molecule has 0 atom stereocenters. The highest BCUT2D eigenvalue weighted by Crippen LogP contribution is 2.28. The summed E-state index contributed by atoms with van der Waals surface area (Å²) >= 11 is 0. The average molecular weight is 285 g/mol. The summed E-state index contributed by atoms with van der Waals surface area (Å²) in [5.74, 6) is -1.16. The van der Waals surface area contributed by atoms with Crippen LogP contribution < -0.4 is 4.74 Å². The van der Waals surface area contributed by atoms with Gasteiger partial charge in [0.1, 0.15) is 11.6 Å². The lowest BCUT2D eigenvalue weighted by atomic mass is 10.1. The second-order valence-corrected chi connectivity index (χ2v) is 3.78. The summed E-state index contributed by atoms with van der Waals surface area (Å²) in [7, 11) is 0. The van der Waals surface area contributed by atoms with Gasteiger partial charge in [0.2, 0.25) is 0 Å². The zero-order valence-corrected chi connectivity index (χ0v) is 9.82. The molecule has 0 saturated heterocycles. The topological polar surface area (TPSA) is 39.2 Å². The van der Waals surface area contributed by atoms with Crippen molar-refractivity contribution in [1.82, 2.24) is 4.98 Å². The van der Waals surface area contributed by atoms with Crippen LogP contribution in [-0.2, 0) is 0 Å². The number of carbonyl (C=O) groups excluding carboxylic acids is 1. The standard InChI is InChI=1S/C13H7F4NO2/c14-10-4-9(7-19)12(18-6-10)8-2-1-3-11(5-8)20-13(15,16)17/h1-7H. The third kappa shape index (κ3) is 3.31. The highest BCUT2D eigenvalue weighted by molar-refractivity contribution is 5.85. The maximum absolute atomic E-state index is 13.0. The van der Waals surface area contributed by atoms with Gasteiger partial charge in [-0.2, -0.15) is 0 Å². The van der Waals surface area contributed by atoms with E-state index < -0.39 is 17.9 Å². The number of benzene rings is 1. The summed E-state index contributed by atoms with van der Waals surface area (Å²) in [5, 5.41) is 0. The largest absolute Gasteiger partial charge is 0.573 e. The molecular weight excluding hydrogens is 278 g/mol. The second-order valence-electron chi connectivity index (χ2n) is 3.78. The fourth-order valence-electron chi connectivity index (χ4n) is 1.63. The Balaban J connectivity index is 2.43. The summed E-state index contributed by atoms with van der Waals surface area (Å²) in [4.78, 5) is 14.6. The fourth-order valence-corrected chi connectivity index (χ4v) is 1.63. The Morgan fingerprint density at radius 2 is 1.95 bits per heavy atom. The molecule has 0 spiro atoms. The normalized spacial score (nSPS) is 11.2. The van der Waals surface area contributed by atoms with Gasteiger partial charge in [0, 0.05) is 11.1 Å². The molecule has 1 aromatic heterocycles. The lowest BCUT2D eigenvalue weighted by Crippen LogP contribution is -2.17. The second kappa shape index (κ2) is 5.28. The molecule has 0 N–H and O–H groups in total. The summed E-state index contributed by atoms with van der Waals surface area (Å²) in [6, 6.07) is 5.89. The number of alkyl halides is 3. The third-order valence-corrected chi connectivity index (χ3v) is 2.35. The molecule has 0 aliphatic heterocycles. The Morgan fingerprint density at radius 1 is 1.20 bits per heavy atom. The van der Waals surface area contributed by atoms with E-state index in [4.69, 9.17) is 0 Å². The zero-order valence-electron chi connectivity index (χ0n) is 9.82. The first-order valence-electron chi connectivity index (χ1n) is 5.36. The van der Waals surface area contributed by atoms with E-state index in [9.17, 15) is 22.4 Å². The van der Waals surface area contributed by atoms with Crippen LogP contribution in [-0.4, -0.2) is 17.6 Å². The summed E-state index contributed by atoms with van der Waals surface area (Å²) in [6.07, 6.45) is -3.56. The lowest BCUT2D eigenvalue weighted by Gasteiger charge is -2.10. The van der Waals surface area contributed by atoms with Gasteiger partial charge in [-0.25, -0.2) is 4.39 Å². The van der Waals surface area contributed by atoms with Gasteiger partial charge in [-0.1, -0.05) is 12.1 Å². The lowest BCUT2D eigenvalue weighted by molar-refractivity contribution is -0.274. The Labute approximate surface area is 110 Å². The van der Waals surface area contributed by atoms with E-state index in [1.54, 1.807) is 0 Å². The Hall–Kier alpha value is -2.44. The maximum atomic E-state index is 13.0. The monoisotopic (exact) mass is 285 g/mol. The van der Waals surface area contributed by atoms with Crippen molar-refractivity contribution in [2.24, 2.45) is 0 Å². The van der Waals surface area contributed by atoms with E-state index >= 15 is 0 Å². The SMILES string of the molecule is O=Cc1cc(F)cnc1-c1cccc(OC(F)(F)F)c1. The van der Waals surface area contributed by atoms with Crippen LogP contribution in [0.3, 0.4) is 0 Å². The van der Waals surface area contributed by atoms with Gasteiger partial charge in [-0.05, 0) is 18.2 Å². The summed E-state index contributed by atoms with van der Waals surface area (Å²) in [5.41, 5.74) is 0.233. The first kappa shape index (κ1) is 14.0. The van der Waals surface area contributed by atoms with Crippen molar-refractivity contribution in [2.45, 2.75) is 6.36 Å². The molecule has 0 amide bonds. The quantitative estimate of drug-likeness (QED) is 0.639. The van der Waals surface area contributed by atoms with Crippen LogP contribution in [0.5, 0.6) is 5.75 Å². The molecule has 104 valence electrons. The number of ether oxygens (including phenoxy) is 1. The van der Waals surface area contributed by atoms with E-state index in [1.165, 1.54) is 12.1 Å². The van der Waals surface area contributed by atoms with Crippen molar-refractivity contribution in [3.8, 4) is 17.0 Å². The van der Waals surface area contributed by atoms with Gasteiger partial charge in [-0.3, -0.25) is 9.78 Å². The number of hydrogen-bond donors (Lipinski definition) is 0. The molecule has 0 aliphatic rings. The number of aldehydes is 1. The first-order valence-corrected chi connectivity index (χ1v) is 5.36. The minimum Gasteiger partial charge on any atom is -0.406 e. The fraction of sp³-hybridized carbons (Fsp3) is 0.0769. The molecule has 3 nitrogen and oxygen atoms in total. The molecule has 0 radical (unpaired) electrons. The van der Waals surface area contributed by atoms with Crippen molar-refractivity contribution in [3.05, 3.63) is 47.9 Å². The Bertz CT molecular complexity index is 641. The predicted molar refractivity (Wildman–Crippen MR) is 61.7 cm³/mol. The van der Waals surface area contributed by atoms with Crippen LogP contribution in [0.4, 0.5) is 17.6 Å². The number of rotatable bonds is 3. The van der Waals surface area contributed by atoms with Crippen LogP contribution >= 0.6 is 0 Å². The van der Waals surface area contributed by atoms with Crippen molar-refractivity contribution in [3.63, 3.8) is 0 Å². The third-order valence-electron chi connectivity index (χ3n) is 2.35. The maximum Gasteiger partial charge on any atom is 0.573 e. The van der Waals surface area contributed by atoms with Crippen LogP contribution in [0.25, 0.3) is 11.3 Å². The molecule has 2 rings (SSSR count). The summed E-state index contributed by atoms with van der Waals surface area (Å²) < 4.78 is 53.1. The van der Waals surface area contributed by atoms with Crippen molar-refractivity contribution >= 4 is 6.29 Å². The average Bonchev–Trinajstić information content (AvgIpc) is 2.36. The van der Waals surface area contributed by atoms with Gasteiger partial charge >= 0.3 is 6.36 Å². The van der Waals surface area contributed by atoms with Crippen molar-refractivity contribution < 1.29 is 27.1 Å². The molecule has 0 aliphatic carbocycles. The van der Waals surface area contributed by atoms with Crippen LogP contribution in [0, 0.1) is 5.82 Å². The predicted octanol–water partition coefficient (Wildman–Crippen LogP) is 3.60. The molecule has 1 heterocycles. The molecule has 2 aromatic rings. The Morgan fingerprint density at radius 3 is 2.60 bits per heavy atom. The smallest absolute Gasteiger partial charge is 0.406 e. The number of aromatic nitrogens is 1. The van der Waals surface area contributed by atoms with E-state index in [0.29, 0.717) is 6.29 Å². The molecule has 7 heteroatoms. The zero-order chi connectivity index (χ0) is 14.8. The number of nitrogens with zero attached hydrogens (tertiary/aromatic N) is 1. The molecular formula is C13H7F4NO2. The minimum atomic E-state index is -4.82. The van der Waals surface area contributed by atoms with Crippen molar-refractivity contribution in [2.75, 3.05) is 0 Å². The van der Waals surface area contributed by atoms with E-state index in [1.807, 2.05) is 0 Å². The van der Waals surface area contributed by atoms with Gasteiger partial charge in [0.05, 0.1) is 11.9 Å². The molecule has 1 aromatic carbocycles. The van der Waals surface area contributed by atoms with Gasteiger partial charge in [0.25, 0.3) is 0 Å². The van der Waals surface area contributed by atoms with Gasteiger partial charge in [-0.15, -0.1) is 13.2 Å². The number of pyridine rings is 1. The number of halogens is 4. The first-order chi connectivity index (χ1) is 9.39. The number of carbonyl (C=O) groups is 1. The molecule has 0 fully saturated rings. The molecule has 0 saturated carbocycles. The highest BCUT2D eigenvalue weighted by atomic mass is 19.4. The summed E-state index contributed by atoms with van der Waals surface area (Å²) in [6.45, 7) is 0. The molecule has 0 bridgehead atoms. The van der Waals surface area contributed by atoms with E-state index in [2.05, 4.69) is 9.72 Å². The van der Waals surface area contributed by atoms with Crippen LogP contribution in [0.15, 0.2) is 36.5 Å². The van der Waals surface area contributed by atoms with Gasteiger partial charge < -0.3 is 4.74 Å².